The number of carbonyl (C=O) groups is 1. The molecule has 0 unspecified atom stereocenters. The summed E-state index contributed by atoms with van der Waals surface area (Å²) in [6.07, 6.45) is 0. The fourth-order valence-corrected chi connectivity index (χ4v) is 0. The van der Waals surface area contributed by atoms with Crippen molar-refractivity contribution in [3.05, 3.63) is 14.4 Å². The maximum absolute atomic E-state index is 8.89. The van der Waals surface area contributed by atoms with Gasteiger partial charge in [0.1, 0.15) is 0 Å². The fraction of sp³-hybridized carbons (Fsp3) is 0. The third-order valence-corrected chi connectivity index (χ3v) is 0. The molecule has 0 fully saturated rings. The topological polar surface area (TPSA) is 37.3 Å². The first-order chi connectivity index (χ1) is 1.73. The zero-order valence-electron chi connectivity index (χ0n) is 4.05. The third kappa shape index (κ3) is 147. The zero-order chi connectivity index (χ0) is 3.58. The van der Waals surface area contributed by atoms with E-state index in [2.05, 4.69) is 6.92 Å². The number of carboxylic acids is 1. The summed E-state index contributed by atoms with van der Waals surface area (Å²) in [6.45, 7) is 2.56. The van der Waals surface area contributed by atoms with E-state index in [1.165, 1.54) is 0 Å². The normalized spacial score (nSPS) is 3.43. The monoisotopic (exact) mass is 347 g/mol. The van der Waals surface area contributed by atoms with Gasteiger partial charge in [-0.25, -0.2) is 0 Å². The van der Waals surface area contributed by atoms with Gasteiger partial charge in [-0.2, -0.15) is 0 Å². The van der Waals surface area contributed by atoms with Crippen LogP contribution in [0.15, 0.2) is 0 Å². The van der Waals surface area contributed by atoms with E-state index < -0.39 is 5.97 Å². The molecule has 1 N–H and O–H groups in total. The van der Waals surface area contributed by atoms with Crippen molar-refractivity contribution in [3.8, 4) is 0 Å². The van der Waals surface area contributed by atoms with E-state index in [1.807, 2.05) is 0 Å². The summed E-state index contributed by atoms with van der Waals surface area (Å²) in [5.41, 5.74) is 0. The fourth-order valence-electron chi connectivity index (χ4n) is 0. The minimum atomic E-state index is -1.08. The Bertz CT molecular complexity index is 35.9. The molecule has 0 amide bonds. The van der Waals surface area contributed by atoms with Gasteiger partial charge >= 0.3 is 0 Å². The van der Waals surface area contributed by atoms with Crippen LogP contribution < -0.4 is 0 Å². The van der Waals surface area contributed by atoms with E-state index in [1.54, 1.807) is 0 Å². The predicted octanol–water partition coefficient (Wildman–Crippen LogP) is 0.350. The van der Waals surface area contributed by atoms with Gasteiger partial charge in [0.05, 0.1) is 0 Å². The molecule has 0 saturated heterocycles. The van der Waals surface area contributed by atoms with E-state index >= 15 is 0 Å². The minimum Gasteiger partial charge on any atom is -0.503 e. The van der Waals surface area contributed by atoms with Crippen LogP contribution in [0.4, 0.5) is 0 Å². The molecule has 0 aliphatic rings. The summed E-state index contributed by atoms with van der Waals surface area (Å²) < 4.78 is 0. The molecule has 0 bridgehead atoms. The summed E-state index contributed by atoms with van der Waals surface area (Å²) in [5, 5.41) is 7.31. The first kappa shape index (κ1) is 24.2. The summed E-state index contributed by atoms with van der Waals surface area (Å²) in [5.74, 6) is -1.08. The van der Waals surface area contributed by atoms with Crippen molar-refractivity contribution in [3.63, 3.8) is 0 Å². The molecule has 0 heterocycles. The number of rotatable bonds is 0. The molecule has 7 heavy (non-hydrogen) atoms. The summed E-state index contributed by atoms with van der Waals surface area (Å²) in [4.78, 5) is 8.89. The quantitative estimate of drug-likeness (QED) is 0.643. The first-order valence-corrected chi connectivity index (χ1v) is 0.781. The second-order valence-corrected chi connectivity index (χ2v) is 0.394. The van der Waals surface area contributed by atoms with Crippen molar-refractivity contribution in [1.29, 1.82) is 0 Å². The molecular formula is C3H6O2WY-2. The Labute approximate surface area is 83.2 Å². The molecule has 1 radical (unpaired) electrons. The SMILES string of the molecule is [CH2-]C(=O)O.[CH3-].[W].[Y]. The zero-order valence-corrected chi connectivity index (χ0v) is 9.82. The molecule has 4 heteroatoms. The van der Waals surface area contributed by atoms with Crippen molar-refractivity contribution in [2.75, 3.05) is 0 Å². The van der Waals surface area contributed by atoms with Crippen LogP contribution in [0.1, 0.15) is 0 Å². The van der Waals surface area contributed by atoms with Crippen LogP contribution in [0.5, 0.6) is 0 Å². The number of carboxylic acid groups (broad SMARTS) is 1. The van der Waals surface area contributed by atoms with Crippen molar-refractivity contribution >= 4 is 5.97 Å². The molecule has 0 aliphatic carbocycles. The molecule has 0 aromatic rings. The van der Waals surface area contributed by atoms with Gasteiger partial charge in [0, 0.05) is 53.8 Å². The molecule has 0 aromatic heterocycles. The summed E-state index contributed by atoms with van der Waals surface area (Å²) >= 11 is 0. The predicted molar refractivity (Wildman–Crippen MR) is 19.4 cm³/mol. The average molecular weight is 347 g/mol. The Balaban J connectivity index is -0.0000000150. The molecule has 41 valence electrons. The number of hydrogen-bond acceptors (Lipinski definition) is 1. The molecule has 2 nitrogen and oxygen atoms in total. The Morgan fingerprint density at radius 2 is 1.57 bits per heavy atom. The van der Waals surface area contributed by atoms with Gasteiger partial charge < -0.3 is 12.5 Å². The van der Waals surface area contributed by atoms with E-state index in [4.69, 9.17) is 9.90 Å². The van der Waals surface area contributed by atoms with Crippen LogP contribution in [-0.2, 0) is 58.6 Å². The van der Waals surface area contributed by atoms with Gasteiger partial charge in [-0.15, -0.1) is 0 Å². The first-order valence-electron chi connectivity index (χ1n) is 0.781. The largest absolute Gasteiger partial charge is 0.503 e. The Hall–Kier alpha value is 1.13. The molecule has 0 aromatic carbocycles. The standard InChI is InChI=1S/C2H3O2.CH3.W.Y/c1-2(3)4;;;/h1H2,(H,3,4);1H3;;/q2*-1;;. The van der Waals surface area contributed by atoms with Gasteiger partial charge in [-0.05, 0) is 0 Å². The van der Waals surface area contributed by atoms with Crippen molar-refractivity contribution in [2.24, 2.45) is 0 Å². The van der Waals surface area contributed by atoms with E-state index in [0.29, 0.717) is 0 Å². The average Bonchev–Trinajstić information content (AvgIpc) is 0.811. The molecule has 0 saturated carbocycles. The van der Waals surface area contributed by atoms with E-state index in [9.17, 15) is 0 Å². The maximum Gasteiger partial charge on any atom is 0.161 e. The van der Waals surface area contributed by atoms with Gasteiger partial charge in [0.2, 0.25) is 0 Å². The van der Waals surface area contributed by atoms with E-state index in [0.717, 1.165) is 0 Å². The Morgan fingerprint density at radius 3 is 1.57 bits per heavy atom. The van der Waals surface area contributed by atoms with Crippen molar-refractivity contribution in [2.45, 2.75) is 0 Å². The van der Waals surface area contributed by atoms with Gasteiger partial charge in [-0.1, -0.05) is 0 Å². The van der Waals surface area contributed by atoms with E-state index in [-0.39, 0.29) is 61.2 Å². The molecule has 0 spiro atoms. The van der Waals surface area contributed by atoms with Crippen molar-refractivity contribution < 1.29 is 63.7 Å². The second kappa shape index (κ2) is 15.7. The molecule has 0 atom stereocenters. The summed E-state index contributed by atoms with van der Waals surface area (Å²) in [6, 6.07) is 0. The number of aliphatic carboxylic acids is 1. The second-order valence-electron chi connectivity index (χ2n) is 0.394. The number of hydrogen-bond donors (Lipinski definition) is 1. The molecule has 0 rings (SSSR count). The molecule has 0 aliphatic heterocycles. The van der Waals surface area contributed by atoms with Crippen LogP contribution in [0.2, 0.25) is 0 Å². The van der Waals surface area contributed by atoms with Crippen LogP contribution in [-0.4, -0.2) is 11.1 Å². The van der Waals surface area contributed by atoms with Crippen molar-refractivity contribution in [1.82, 2.24) is 0 Å². The van der Waals surface area contributed by atoms with Crippen LogP contribution in [0, 0.1) is 14.4 Å². The third-order valence-electron chi connectivity index (χ3n) is 0. The Morgan fingerprint density at radius 1 is 1.57 bits per heavy atom. The maximum atomic E-state index is 8.89. The van der Waals surface area contributed by atoms with Gasteiger partial charge in [0.15, 0.2) is 5.97 Å². The van der Waals surface area contributed by atoms with Crippen LogP contribution in [0.25, 0.3) is 0 Å². The minimum absolute atomic E-state index is 0. The van der Waals surface area contributed by atoms with Gasteiger partial charge in [-0.3, -0.25) is 11.7 Å². The van der Waals surface area contributed by atoms with Crippen LogP contribution in [0.3, 0.4) is 0 Å². The molecular weight excluding hydrogens is 341 g/mol. The van der Waals surface area contributed by atoms with Gasteiger partial charge in [0.25, 0.3) is 0 Å². The van der Waals surface area contributed by atoms with Crippen LogP contribution >= 0.6 is 0 Å². The Kier molecular flexibility index (Phi) is 54.4. The smallest absolute Gasteiger partial charge is 0.161 e. The summed E-state index contributed by atoms with van der Waals surface area (Å²) in [7, 11) is 0.